The standard InChI is InChI=1S/C12H27N3O2/c1-4-10(7-11(13)15-17)14-8-12(5-2,6-3)9-16/h10,14,16-17H,4-9H2,1-3H3,(H2,13,15). The normalized spacial score (nSPS) is 14.9. The van der Waals surface area contributed by atoms with E-state index < -0.39 is 0 Å². The first-order valence-corrected chi connectivity index (χ1v) is 6.38. The van der Waals surface area contributed by atoms with Crippen molar-refractivity contribution in [2.45, 2.75) is 52.5 Å². The first-order chi connectivity index (χ1) is 8.07. The average molecular weight is 245 g/mol. The van der Waals surface area contributed by atoms with Gasteiger partial charge in [-0.05, 0) is 19.3 Å². The fourth-order valence-electron chi connectivity index (χ4n) is 1.79. The number of amidine groups is 1. The highest BCUT2D eigenvalue weighted by atomic mass is 16.4. The molecule has 0 aromatic rings. The number of hydrogen-bond donors (Lipinski definition) is 4. The molecule has 0 aliphatic carbocycles. The van der Waals surface area contributed by atoms with Gasteiger partial charge in [0.2, 0.25) is 0 Å². The Bertz CT molecular complexity index is 220. The van der Waals surface area contributed by atoms with E-state index in [-0.39, 0.29) is 23.9 Å². The maximum atomic E-state index is 9.46. The Labute approximate surface area is 104 Å². The van der Waals surface area contributed by atoms with Gasteiger partial charge in [-0.15, -0.1) is 0 Å². The lowest BCUT2D eigenvalue weighted by atomic mass is 9.83. The molecule has 0 bridgehead atoms. The SMILES string of the molecule is CCC(CC(N)=NO)NCC(CC)(CC)CO. The third-order valence-electron chi connectivity index (χ3n) is 3.68. The van der Waals surface area contributed by atoms with E-state index in [0.717, 1.165) is 25.8 Å². The molecule has 0 aromatic heterocycles. The highest BCUT2D eigenvalue weighted by Gasteiger charge is 2.25. The molecular formula is C12H27N3O2. The van der Waals surface area contributed by atoms with Crippen LogP contribution in [0, 0.1) is 5.41 Å². The average Bonchev–Trinajstić information content (AvgIpc) is 2.39. The van der Waals surface area contributed by atoms with Gasteiger partial charge in [-0.3, -0.25) is 0 Å². The molecule has 0 saturated carbocycles. The lowest BCUT2D eigenvalue weighted by Gasteiger charge is -2.31. The van der Waals surface area contributed by atoms with E-state index in [1.807, 2.05) is 0 Å². The number of nitrogens with two attached hydrogens (primary N) is 1. The van der Waals surface area contributed by atoms with Crippen molar-refractivity contribution in [3.8, 4) is 0 Å². The Morgan fingerprint density at radius 1 is 1.35 bits per heavy atom. The molecule has 0 aliphatic heterocycles. The van der Waals surface area contributed by atoms with Crippen molar-refractivity contribution in [3.63, 3.8) is 0 Å². The quantitative estimate of drug-likeness (QED) is 0.213. The van der Waals surface area contributed by atoms with Gasteiger partial charge in [0.15, 0.2) is 0 Å². The van der Waals surface area contributed by atoms with Crippen molar-refractivity contribution >= 4 is 5.84 Å². The van der Waals surface area contributed by atoms with Crippen LogP contribution in [0.2, 0.25) is 0 Å². The number of rotatable bonds is 9. The maximum Gasteiger partial charge on any atom is 0.140 e. The second-order valence-electron chi connectivity index (χ2n) is 4.65. The number of aliphatic hydroxyl groups excluding tert-OH is 1. The summed E-state index contributed by atoms with van der Waals surface area (Å²) in [4.78, 5) is 0. The van der Waals surface area contributed by atoms with E-state index in [1.54, 1.807) is 0 Å². The molecule has 0 rings (SSSR count). The molecular weight excluding hydrogens is 218 g/mol. The third kappa shape index (κ3) is 5.37. The van der Waals surface area contributed by atoms with E-state index in [4.69, 9.17) is 10.9 Å². The predicted octanol–water partition coefficient (Wildman–Crippen LogP) is 1.29. The van der Waals surface area contributed by atoms with Crippen molar-refractivity contribution < 1.29 is 10.3 Å². The van der Waals surface area contributed by atoms with Crippen LogP contribution in [0.15, 0.2) is 5.16 Å². The Kier molecular flexibility index (Phi) is 7.91. The summed E-state index contributed by atoms with van der Waals surface area (Å²) in [5.41, 5.74) is 5.44. The lowest BCUT2D eigenvalue weighted by Crippen LogP contribution is -2.42. The van der Waals surface area contributed by atoms with E-state index in [1.165, 1.54) is 0 Å². The zero-order valence-corrected chi connectivity index (χ0v) is 11.2. The summed E-state index contributed by atoms with van der Waals surface area (Å²) in [5, 5.41) is 24.4. The molecule has 0 aliphatic rings. The molecule has 5 nitrogen and oxygen atoms in total. The Hall–Kier alpha value is -0.810. The fourth-order valence-corrected chi connectivity index (χ4v) is 1.79. The van der Waals surface area contributed by atoms with Gasteiger partial charge in [0.25, 0.3) is 0 Å². The first-order valence-electron chi connectivity index (χ1n) is 6.38. The fraction of sp³-hybridized carbons (Fsp3) is 0.917. The minimum Gasteiger partial charge on any atom is -0.409 e. The smallest absolute Gasteiger partial charge is 0.140 e. The van der Waals surface area contributed by atoms with Crippen LogP contribution < -0.4 is 11.1 Å². The van der Waals surface area contributed by atoms with Crippen LogP contribution in [0.1, 0.15) is 46.5 Å². The van der Waals surface area contributed by atoms with E-state index in [2.05, 4.69) is 31.2 Å². The van der Waals surface area contributed by atoms with Crippen LogP contribution in [-0.2, 0) is 0 Å². The second-order valence-corrected chi connectivity index (χ2v) is 4.65. The summed E-state index contributed by atoms with van der Waals surface area (Å²) in [7, 11) is 0. The molecule has 0 saturated heterocycles. The van der Waals surface area contributed by atoms with Crippen molar-refractivity contribution in [2.75, 3.05) is 13.2 Å². The van der Waals surface area contributed by atoms with Crippen molar-refractivity contribution in [3.05, 3.63) is 0 Å². The van der Waals surface area contributed by atoms with Crippen LogP contribution in [0.5, 0.6) is 0 Å². The van der Waals surface area contributed by atoms with Gasteiger partial charge in [0, 0.05) is 31.0 Å². The molecule has 0 amide bonds. The van der Waals surface area contributed by atoms with Gasteiger partial charge in [0.05, 0.1) is 0 Å². The molecule has 0 heterocycles. The molecule has 5 heteroatoms. The van der Waals surface area contributed by atoms with Gasteiger partial charge < -0.3 is 21.4 Å². The van der Waals surface area contributed by atoms with Crippen LogP contribution in [0.3, 0.4) is 0 Å². The minimum atomic E-state index is -0.0570. The predicted molar refractivity (Wildman–Crippen MR) is 70.2 cm³/mol. The summed E-state index contributed by atoms with van der Waals surface area (Å²) in [6, 6.07) is 0.190. The van der Waals surface area contributed by atoms with E-state index >= 15 is 0 Å². The Morgan fingerprint density at radius 3 is 2.29 bits per heavy atom. The van der Waals surface area contributed by atoms with Crippen molar-refractivity contribution in [2.24, 2.45) is 16.3 Å². The third-order valence-corrected chi connectivity index (χ3v) is 3.68. The highest BCUT2D eigenvalue weighted by Crippen LogP contribution is 2.24. The first kappa shape index (κ1) is 16.2. The zero-order valence-electron chi connectivity index (χ0n) is 11.2. The van der Waals surface area contributed by atoms with Crippen LogP contribution in [-0.4, -0.2) is 35.3 Å². The van der Waals surface area contributed by atoms with Crippen LogP contribution in [0.25, 0.3) is 0 Å². The van der Waals surface area contributed by atoms with E-state index in [0.29, 0.717) is 6.42 Å². The summed E-state index contributed by atoms with van der Waals surface area (Å²) in [6.07, 6.45) is 3.31. The van der Waals surface area contributed by atoms with Gasteiger partial charge >= 0.3 is 0 Å². The number of nitrogens with one attached hydrogen (secondary N) is 1. The number of hydrogen-bond acceptors (Lipinski definition) is 4. The summed E-state index contributed by atoms with van der Waals surface area (Å²) in [5.74, 6) is 0.243. The molecule has 1 unspecified atom stereocenters. The highest BCUT2D eigenvalue weighted by molar-refractivity contribution is 5.80. The molecule has 17 heavy (non-hydrogen) atoms. The summed E-state index contributed by atoms with van der Waals surface area (Å²) >= 11 is 0. The Morgan fingerprint density at radius 2 is 1.94 bits per heavy atom. The van der Waals surface area contributed by atoms with Crippen molar-refractivity contribution in [1.29, 1.82) is 0 Å². The monoisotopic (exact) mass is 245 g/mol. The van der Waals surface area contributed by atoms with Crippen LogP contribution >= 0.6 is 0 Å². The van der Waals surface area contributed by atoms with Gasteiger partial charge in [-0.1, -0.05) is 25.9 Å². The molecule has 102 valence electrons. The van der Waals surface area contributed by atoms with Crippen molar-refractivity contribution in [1.82, 2.24) is 5.32 Å². The summed E-state index contributed by atoms with van der Waals surface area (Å²) < 4.78 is 0. The zero-order chi connectivity index (χ0) is 13.3. The van der Waals surface area contributed by atoms with E-state index in [9.17, 15) is 5.11 Å². The number of oxime groups is 1. The topological polar surface area (TPSA) is 90.9 Å². The Balaban J connectivity index is 4.29. The number of aliphatic hydroxyl groups is 1. The molecule has 0 radical (unpaired) electrons. The summed E-state index contributed by atoms with van der Waals surface area (Å²) in [6.45, 7) is 7.18. The van der Waals surface area contributed by atoms with Crippen LogP contribution in [0.4, 0.5) is 0 Å². The van der Waals surface area contributed by atoms with Gasteiger partial charge in [-0.2, -0.15) is 0 Å². The lowest BCUT2D eigenvalue weighted by molar-refractivity contribution is 0.109. The molecule has 5 N–H and O–H groups in total. The molecule has 0 spiro atoms. The second kappa shape index (κ2) is 8.31. The largest absolute Gasteiger partial charge is 0.409 e. The molecule has 0 aromatic carbocycles. The maximum absolute atomic E-state index is 9.46. The number of nitrogens with zero attached hydrogens (tertiary/aromatic N) is 1. The van der Waals surface area contributed by atoms with Gasteiger partial charge in [-0.25, -0.2) is 0 Å². The molecule has 0 fully saturated rings. The van der Waals surface area contributed by atoms with Gasteiger partial charge in [0.1, 0.15) is 5.84 Å². The molecule has 1 atom stereocenters. The minimum absolute atomic E-state index is 0.0570.